The molecule has 1 aromatic heterocycles. The summed E-state index contributed by atoms with van der Waals surface area (Å²) >= 11 is 0. The lowest BCUT2D eigenvalue weighted by Crippen LogP contribution is -2.66. The van der Waals surface area contributed by atoms with Crippen LogP contribution in [0.1, 0.15) is 62.9 Å². The zero-order valence-electron chi connectivity index (χ0n) is 29.1. The number of rotatable bonds is 5. The first-order chi connectivity index (χ1) is 23.3. The Balaban J connectivity index is 1.13. The Labute approximate surface area is 286 Å². The van der Waals surface area contributed by atoms with E-state index in [0.29, 0.717) is 56.8 Å². The number of hydrogen-bond acceptors (Lipinski definition) is 6. The molecule has 3 amide bonds. The van der Waals surface area contributed by atoms with Gasteiger partial charge in [-0.25, -0.2) is 9.18 Å². The number of nitrogens with zero attached hydrogens (tertiary/aromatic N) is 5. The maximum atomic E-state index is 14.7. The van der Waals surface area contributed by atoms with Gasteiger partial charge in [-0.3, -0.25) is 19.2 Å². The number of hydrogen-bond donors (Lipinski definition) is 0. The Hall–Kier alpha value is -4.25. The minimum absolute atomic E-state index is 0.0350. The Morgan fingerprint density at radius 1 is 1.10 bits per heavy atom. The highest BCUT2D eigenvalue weighted by molar-refractivity contribution is 6.05. The Morgan fingerprint density at radius 2 is 1.88 bits per heavy atom. The largest absolute Gasteiger partial charge is 0.444 e. The van der Waals surface area contributed by atoms with Crippen LogP contribution in [0, 0.1) is 17.7 Å². The summed E-state index contributed by atoms with van der Waals surface area (Å²) in [6, 6.07) is 7.82. The van der Waals surface area contributed by atoms with Gasteiger partial charge in [0.1, 0.15) is 17.5 Å². The first-order valence-corrected chi connectivity index (χ1v) is 17.4. The minimum atomic E-state index is -0.656. The van der Waals surface area contributed by atoms with Gasteiger partial charge in [-0.1, -0.05) is 24.3 Å². The van der Waals surface area contributed by atoms with Crippen molar-refractivity contribution in [3.63, 3.8) is 0 Å². The molecule has 1 saturated carbocycles. The van der Waals surface area contributed by atoms with Crippen molar-refractivity contribution >= 4 is 28.8 Å². The highest BCUT2D eigenvalue weighted by Crippen LogP contribution is 2.44. The van der Waals surface area contributed by atoms with Gasteiger partial charge in [0.2, 0.25) is 5.91 Å². The summed E-state index contributed by atoms with van der Waals surface area (Å²) in [5, 5.41) is 5.39. The van der Waals surface area contributed by atoms with E-state index in [9.17, 15) is 18.8 Å². The summed E-state index contributed by atoms with van der Waals surface area (Å²) in [6.07, 6.45) is 4.48. The first kappa shape index (κ1) is 33.3. The second-order valence-corrected chi connectivity index (χ2v) is 15.3. The number of carbonyl (C=O) groups excluding carboxylic acids is 3. The molecule has 0 N–H and O–H groups in total. The van der Waals surface area contributed by atoms with Gasteiger partial charge in [-0.15, -0.1) is 0 Å². The fraction of sp³-hybridized carbons (Fsp3) is 0.526. The molecule has 5 heterocycles. The van der Waals surface area contributed by atoms with Crippen LogP contribution < -0.4 is 0 Å². The predicted octanol–water partition coefficient (Wildman–Crippen LogP) is 5.59. The molecule has 260 valence electrons. The summed E-state index contributed by atoms with van der Waals surface area (Å²) in [5.74, 6) is -0.574. The van der Waals surface area contributed by atoms with Crippen molar-refractivity contribution < 1.29 is 28.2 Å². The Morgan fingerprint density at radius 3 is 2.59 bits per heavy atom. The fourth-order valence-electron chi connectivity index (χ4n) is 8.20. The van der Waals surface area contributed by atoms with Gasteiger partial charge in [0.15, 0.2) is 0 Å². The van der Waals surface area contributed by atoms with Crippen LogP contribution >= 0.6 is 0 Å². The second kappa shape index (κ2) is 12.6. The molecule has 4 saturated heterocycles. The zero-order valence-corrected chi connectivity index (χ0v) is 29.1. The third-order valence-electron chi connectivity index (χ3n) is 10.6. The molecule has 5 fully saturated rings. The smallest absolute Gasteiger partial charge is 0.411 e. The summed E-state index contributed by atoms with van der Waals surface area (Å²) in [7, 11) is 1.88. The van der Waals surface area contributed by atoms with Crippen LogP contribution in [0.25, 0.3) is 22.0 Å². The number of benzene rings is 2. The predicted molar refractivity (Wildman–Crippen MR) is 183 cm³/mol. The fourth-order valence-corrected chi connectivity index (χ4v) is 8.20. The first-order valence-electron chi connectivity index (χ1n) is 17.4. The second-order valence-electron chi connectivity index (χ2n) is 15.3. The van der Waals surface area contributed by atoms with Crippen LogP contribution in [0.15, 0.2) is 48.7 Å². The van der Waals surface area contributed by atoms with Crippen molar-refractivity contribution in [1.29, 1.82) is 0 Å². The standard InChI is InChI=1S/C38H46FN5O5/c1-22-13-27-8-10-28(22)34(44(27)37(47)49-38(3,4)5)36(46)42-19-25(20-42)14-24-15-30(32-18-40-41(6)33(32)16-24)29-9-7-26(39)17-31(29)35(45)43-11-12-48-21-23(43)2/h7,9,15-18,23,25,27-28,34H,1,8,10-14,19-21H2,2-6H3/t23-,27+,28-,34-/m1/s1. The van der Waals surface area contributed by atoms with Crippen molar-refractivity contribution in [2.45, 2.75) is 77.1 Å². The van der Waals surface area contributed by atoms with Crippen molar-refractivity contribution in [3.05, 3.63) is 65.6 Å². The lowest BCUT2D eigenvalue weighted by Gasteiger charge is -2.53. The summed E-state index contributed by atoms with van der Waals surface area (Å²) in [4.78, 5) is 46.6. The van der Waals surface area contributed by atoms with Gasteiger partial charge in [0.25, 0.3) is 5.91 Å². The minimum Gasteiger partial charge on any atom is -0.444 e. The van der Waals surface area contributed by atoms with Crippen molar-refractivity contribution in [2.24, 2.45) is 18.9 Å². The van der Waals surface area contributed by atoms with Crippen LogP contribution in [0.3, 0.4) is 0 Å². The topological polar surface area (TPSA) is 97.2 Å². The number of amides is 3. The molecular weight excluding hydrogens is 625 g/mol. The maximum Gasteiger partial charge on any atom is 0.411 e. The van der Waals surface area contributed by atoms with E-state index in [1.54, 1.807) is 22.1 Å². The third kappa shape index (κ3) is 6.22. The van der Waals surface area contributed by atoms with Gasteiger partial charge in [0, 0.05) is 44.0 Å². The molecule has 3 aromatic rings. The molecule has 2 bridgehead atoms. The van der Waals surface area contributed by atoms with Crippen LogP contribution in [0.5, 0.6) is 0 Å². The van der Waals surface area contributed by atoms with Crippen LogP contribution in [0.4, 0.5) is 9.18 Å². The van der Waals surface area contributed by atoms with Crippen molar-refractivity contribution in [2.75, 3.05) is 32.8 Å². The molecule has 0 unspecified atom stereocenters. The number of fused-ring (bicyclic) bond motifs is 4. The van der Waals surface area contributed by atoms with Gasteiger partial charge in [0.05, 0.1) is 36.5 Å². The van der Waals surface area contributed by atoms with Crippen molar-refractivity contribution in [1.82, 2.24) is 24.5 Å². The van der Waals surface area contributed by atoms with Gasteiger partial charge in [-0.05, 0) is 94.2 Å². The van der Waals surface area contributed by atoms with E-state index in [1.165, 1.54) is 12.1 Å². The quantitative estimate of drug-likeness (QED) is 0.329. The zero-order chi connectivity index (χ0) is 34.8. The Bertz CT molecular complexity index is 1820. The third-order valence-corrected chi connectivity index (χ3v) is 10.6. The highest BCUT2D eigenvalue weighted by atomic mass is 19.1. The van der Waals surface area contributed by atoms with Crippen LogP contribution in [0.2, 0.25) is 0 Å². The van der Waals surface area contributed by atoms with E-state index in [0.717, 1.165) is 40.4 Å². The molecule has 4 atom stereocenters. The molecule has 5 aliphatic rings. The number of carbonyl (C=O) groups is 3. The van der Waals surface area contributed by atoms with Gasteiger partial charge < -0.3 is 19.3 Å². The number of ether oxygens (including phenoxy) is 2. The van der Waals surface area contributed by atoms with Gasteiger partial charge in [-0.2, -0.15) is 5.10 Å². The molecule has 2 aromatic carbocycles. The molecular formula is C38H46FN5O5. The number of morpholine rings is 1. The number of aromatic nitrogens is 2. The molecule has 0 radical (unpaired) electrons. The number of aryl methyl sites for hydroxylation is 1. The number of halogens is 1. The molecule has 4 aliphatic heterocycles. The monoisotopic (exact) mass is 671 g/mol. The maximum absolute atomic E-state index is 14.7. The molecule has 11 heteroatoms. The van der Waals surface area contributed by atoms with E-state index in [-0.39, 0.29) is 35.7 Å². The summed E-state index contributed by atoms with van der Waals surface area (Å²) in [6.45, 7) is 14.2. The van der Waals surface area contributed by atoms with E-state index in [1.807, 2.05) is 44.3 Å². The average Bonchev–Trinajstić information content (AvgIpc) is 3.41. The van der Waals surface area contributed by atoms with E-state index >= 15 is 0 Å². The average molecular weight is 672 g/mol. The lowest BCUT2D eigenvalue weighted by molar-refractivity contribution is -0.149. The summed E-state index contributed by atoms with van der Waals surface area (Å²) in [5.41, 5.74) is 4.14. The van der Waals surface area contributed by atoms with Gasteiger partial charge >= 0.3 is 6.09 Å². The molecule has 49 heavy (non-hydrogen) atoms. The van der Waals surface area contributed by atoms with Crippen molar-refractivity contribution in [3.8, 4) is 11.1 Å². The highest BCUT2D eigenvalue weighted by Gasteiger charge is 2.52. The molecule has 8 rings (SSSR count). The molecule has 10 nitrogen and oxygen atoms in total. The van der Waals surface area contributed by atoms with E-state index < -0.39 is 23.6 Å². The number of likely N-dealkylation sites (tertiary alicyclic amines) is 1. The van der Waals surface area contributed by atoms with Crippen LogP contribution in [-0.4, -0.2) is 99.0 Å². The SMILES string of the molecule is C=C1C[C@@H]2CC[C@H]1[C@H](C(=O)N1CC(Cc3cc(-c4ccc(F)cc4C(=O)N4CCOC[C@H]4C)c4cnn(C)c4c3)C1)N2C(=O)OC(C)(C)C. The molecule has 1 aliphatic carbocycles. The van der Waals surface area contributed by atoms with E-state index in [4.69, 9.17) is 9.47 Å². The van der Waals surface area contributed by atoms with E-state index in [2.05, 4.69) is 23.8 Å². The van der Waals surface area contributed by atoms with Crippen LogP contribution in [-0.2, 0) is 27.7 Å². The normalized spacial score (nSPS) is 24.4. The molecule has 0 spiro atoms. The number of piperidine rings is 2. The Kier molecular flexibility index (Phi) is 8.53. The summed E-state index contributed by atoms with van der Waals surface area (Å²) < 4.78 is 27.8. The lowest BCUT2D eigenvalue weighted by atomic mass is 9.71.